The first-order valence-corrected chi connectivity index (χ1v) is 5.09. The van der Waals surface area contributed by atoms with Crippen LogP contribution in [-0.4, -0.2) is 25.8 Å². The molecule has 0 aromatic carbocycles. The van der Waals surface area contributed by atoms with Gasteiger partial charge in [-0.3, -0.25) is 4.68 Å². The zero-order valence-electron chi connectivity index (χ0n) is 8.88. The number of nitrogens with one attached hydrogen (secondary N) is 1. The van der Waals surface area contributed by atoms with Crippen molar-refractivity contribution in [3.8, 4) is 0 Å². The van der Waals surface area contributed by atoms with Gasteiger partial charge in [-0.05, 0) is 12.1 Å². The second kappa shape index (κ2) is 4.42. The van der Waals surface area contributed by atoms with Gasteiger partial charge in [-0.1, -0.05) is 11.6 Å². The molecule has 0 radical (unpaired) electrons. The van der Waals surface area contributed by atoms with Gasteiger partial charge in [-0.15, -0.1) is 0 Å². The largest absolute Gasteiger partial charge is 0.478 e. The van der Waals surface area contributed by atoms with Crippen LogP contribution in [0.4, 0.5) is 11.5 Å². The molecule has 2 aromatic rings. The monoisotopic (exact) mass is 252 g/mol. The minimum absolute atomic E-state index is 0.0800. The van der Waals surface area contributed by atoms with Crippen molar-refractivity contribution < 1.29 is 9.90 Å². The topological polar surface area (TPSA) is 80.0 Å². The van der Waals surface area contributed by atoms with Crippen LogP contribution in [0.2, 0.25) is 5.15 Å². The van der Waals surface area contributed by atoms with E-state index in [-0.39, 0.29) is 10.7 Å². The Labute approximate surface area is 102 Å². The predicted octanol–water partition coefficient (Wildman–Crippen LogP) is 1.91. The van der Waals surface area contributed by atoms with Crippen LogP contribution < -0.4 is 5.32 Å². The normalized spacial score (nSPS) is 10.2. The minimum Gasteiger partial charge on any atom is -0.478 e. The Hall–Kier alpha value is -2.08. The number of halogens is 1. The number of hydrogen-bond donors (Lipinski definition) is 2. The highest BCUT2D eigenvalue weighted by molar-refractivity contribution is 6.29. The third kappa shape index (κ3) is 2.73. The van der Waals surface area contributed by atoms with Gasteiger partial charge in [0.15, 0.2) is 0 Å². The van der Waals surface area contributed by atoms with E-state index in [2.05, 4.69) is 15.4 Å². The molecule has 6 nitrogen and oxygen atoms in total. The van der Waals surface area contributed by atoms with E-state index in [4.69, 9.17) is 16.7 Å². The van der Waals surface area contributed by atoms with E-state index in [1.165, 1.54) is 12.1 Å². The van der Waals surface area contributed by atoms with Gasteiger partial charge < -0.3 is 10.4 Å². The first kappa shape index (κ1) is 11.4. The van der Waals surface area contributed by atoms with E-state index in [0.717, 1.165) is 0 Å². The van der Waals surface area contributed by atoms with Gasteiger partial charge in [0, 0.05) is 13.2 Å². The van der Waals surface area contributed by atoms with E-state index in [1.807, 2.05) is 0 Å². The Morgan fingerprint density at radius 1 is 1.53 bits per heavy atom. The molecule has 7 heteroatoms. The lowest BCUT2D eigenvalue weighted by molar-refractivity contribution is 0.0697. The standard InChI is InChI=1S/C10H9ClN4O2/c1-15-5-7(4-12-15)13-9-3-6(10(16)17)2-8(11)14-9/h2-5H,1H3,(H,13,14)(H,16,17). The van der Waals surface area contributed by atoms with Crippen LogP contribution >= 0.6 is 11.6 Å². The lowest BCUT2D eigenvalue weighted by Gasteiger charge is -2.04. The van der Waals surface area contributed by atoms with E-state index < -0.39 is 5.97 Å². The summed E-state index contributed by atoms with van der Waals surface area (Å²) >= 11 is 5.73. The number of aryl methyl sites for hydroxylation is 1. The van der Waals surface area contributed by atoms with E-state index in [9.17, 15) is 4.79 Å². The number of pyridine rings is 1. The number of nitrogens with zero attached hydrogens (tertiary/aromatic N) is 3. The van der Waals surface area contributed by atoms with E-state index >= 15 is 0 Å². The summed E-state index contributed by atoms with van der Waals surface area (Å²) < 4.78 is 1.62. The molecule has 0 atom stereocenters. The molecule has 0 spiro atoms. The van der Waals surface area contributed by atoms with Crippen molar-refractivity contribution in [2.45, 2.75) is 0 Å². The summed E-state index contributed by atoms with van der Waals surface area (Å²) in [6.07, 6.45) is 3.34. The number of anilines is 2. The van der Waals surface area contributed by atoms with E-state index in [0.29, 0.717) is 11.5 Å². The average Bonchev–Trinajstić information content (AvgIpc) is 2.63. The second-order valence-electron chi connectivity index (χ2n) is 3.40. The molecule has 2 rings (SSSR count). The lowest BCUT2D eigenvalue weighted by Crippen LogP contribution is -2.00. The Balaban J connectivity index is 2.29. The van der Waals surface area contributed by atoms with Crippen molar-refractivity contribution in [3.63, 3.8) is 0 Å². The number of rotatable bonds is 3. The number of aromatic nitrogens is 3. The molecule has 0 saturated carbocycles. The number of carbonyl (C=O) groups is 1. The smallest absolute Gasteiger partial charge is 0.335 e. The highest BCUT2D eigenvalue weighted by Crippen LogP contribution is 2.18. The first-order valence-electron chi connectivity index (χ1n) is 4.71. The van der Waals surface area contributed by atoms with Gasteiger partial charge in [0.05, 0.1) is 17.4 Å². The number of hydrogen-bond acceptors (Lipinski definition) is 4. The molecular weight excluding hydrogens is 244 g/mol. The first-order chi connectivity index (χ1) is 8.04. The number of aromatic carboxylic acids is 1. The van der Waals surface area contributed by atoms with Crippen molar-refractivity contribution in [3.05, 3.63) is 35.2 Å². The quantitative estimate of drug-likeness (QED) is 0.816. The van der Waals surface area contributed by atoms with Crippen LogP contribution in [0.5, 0.6) is 0 Å². The second-order valence-corrected chi connectivity index (χ2v) is 3.78. The van der Waals surface area contributed by atoms with Gasteiger partial charge in [0.25, 0.3) is 0 Å². The van der Waals surface area contributed by atoms with Crippen LogP contribution in [0.1, 0.15) is 10.4 Å². The summed E-state index contributed by atoms with van der Waals surface area (Å²) in [5.41, 5.74) is 0.787. The zero-order chi connectivity index (χ0) is 12.4. The highest BCUT2D eigenvalue weighted by Gasteiger charge is 2.08. The van der Waals surface area contributed by atoms with E-state index in [1.54, 1.807) is 24.1 Å². The summed E-state index contributed by atoms with van der Waals surface area (Å²) in [4.78, 5) is 14.8. The zero-order valence-corrected chi connectivity index (χ0v) is 9.64. The number of carboxylic acids is 1. The molecule has 0 aliphatic heterocycles. The summed E-state index contributed by atoms with van der Waals surface area (Å²) in [7, 11) is 1.78. The van der Waals surface area contributed by atoms with Gasteiger partial charge in [-0.25, -0.2) is 9.78 Å². The molecule has 0 saturated heterocycles. The van der Waals surface area contributed by atoms with Gasteiger partial charge in [0.2, 0.25) is 0 Å². The molecule has 0 unspecified atom stereocenters. The maximum absolute atomic E-state index is 10.8. The fraction of sp³-hybridized carbons (Fsp3) is 0.100. The van der Waals surface area contributed by atoms with Gasteiger partial charge >= 0.3 is 5.97 Å². The Bertz CT molecular complexity index is 567. The van der Waals surface area contributed by atoms with Gasteiger partial charge in [-0.2, -0.15) is 5.10 Å². The maximum atomic E-state index is 10.8. The van der Waals surface area contributed by atoms with Crippen LogP contribution in [-0.2, 0) is 7.05 Å². The van der Waals surface area contributed by atoms with Crippen LogP contribution in [0.25, 0.3) is 0 Å². The molecule has 17 heavy (non-hydrogen) atoms. The molecule has 0 aliphatic carbocycles. The minimum atomic E-state index is -1.05. The van der Waals surface area contributed by atoms with Crippen molar-refractivity contribution in [2.75, 3.05) is 5.32 Å². The van der Waals surface area contributed by atoms with Crippen LogP contribution in [0.3, 0.4) is 0 Å². The number of carboxylic acid groups (broad SMARTS) is 1. The lowest BCUT2D eigenvalue weighted by atomic mass is 10.2. The summed E-state index contributed by atoms with van der Waals surface area (Å²) in [5, 5.41) is 15.9. The molecule has 0 aliphatic rings. The highest BCUT2D eigenvalue weighted by atomic mass is 35.5. The molecule has 0 bridgehead atoms. The molecule has 0 fully saturated rings. The average molecular weight is 253 g/mol. The fourth-order valence-corrected chi connectivity index (χ4v) is 1.53. The van der Waals surface area contributed by atoms with Crippen molar-refractivity contribution in [2.24, 2.45) is 7.05 Å². The van der Waals surface area contributed by atoms with Crippen molar-refractivity contribution in [1.29, 1.82) is 0 Å². The molecule has 0 amide bonds. The molecular formula is C10H9ClN4O2. The summed E-state index contributed by atoms with van der Waals surface area (Å²) in [5.74, 6) is -0.688. The molecule has 2 N–H and O–H groups in total. The third-order valence-corrected chi connectivity index (χ3v) is 2.21. The maximum Gasteiger partial charge on any atom is 0.335 e. The third-order valence-electron chi connectivity index (χ3n) is 2.02. The molecule has 88 valence electrons. The Morgan fingerprint density at radius 3 is 2.88 bits per heavy atom. The van der Waals surface area contributed by atoms with Crippen LogP contribution in [0.15, 0.2) is 24.5 Å². The summed E-state index contributed by atoms with van der Waals surface area (Å²) in [6, 6.07) is 2.69. The fourth-order valence-electron chi connectivity index (χ4n) is 1.32. The Kier molecular flexibility index (Phi) is 2.97. The van der Waals surface area contributed by atoms with Gasteiger partial charge in [0.1, 0.15) is 11.0 Å². The summed E-state index contributed by atoms with van der Waals surface area (Å²) in [6.45, 7) is 0. The van der Waals surface area contributed by atoms with Crippen molar-refractivity contribution >= 4 is 29.1 Å². The van der Waals surface area contributed by atoms with Crippen LogP contribution in [0, 0.1) is 0 Å². The Morgan fingerprint density at radius 2 is 2.29 bits per heavy atom. The predicted molar refractivity (Wildman–Crippen MR) is 62.7 cm³/mol. The molecule has 2 heterocycles. The SMILES string of the molecule is Cn1cc(Nc2cc(C(=O)O)cc(Cl)n2)cn1. The molecule has 2 aromatic heterocycles. The van der Waals surface area contributed by atoms with Crippen molar-refractivity contribution in [1.82, 2.24) is 14.8 Å².